The van der Waals surface area contributed by atoms with E-state index >= 15 is 0 Å². The van der Waals surface area contributed by atoms with Crippen LogP contribution in [0.1, 0.15) is 24.0 Å². The predicted octanol–water partition coefficient (Wildman–Crippen LogP) is 2.21. The van der Waals surface area contributed by atoms with Gasteiger partial charge in [0.25, 0.3) is 0 Å². The minimum absolute atomic E-state index is 0.0334. The molecule has 2 N–H and O–H groups in total. The first-order valence-corrected chi connectivity index (χ1v) is 11.0. The molecule has 34 heavy (non-hydrogen) atoms. The van der Waals surface area contributed by atoms with E-state index in [1.54, 1.807) is 19.2 Å². The summed E-state index contributed by atoms with van der Waals surface area (Å²) in [6, 6.07) is 9.85. The molecular weight excluding hydrogens is 447 g/mol. The number of piperidine rings is 1. The van der Waals surface area contributed by atoms with Crippen LogP contribution in [0.15, 0.2) is 36.4 Å². The van der Waals surface area contributed by atoms with Crippen LogP contribution in [0.5, 0.6) is 11.5 Å². The van der Waals surface area contributed by atoms with Crippen molar-refractivity contribution in [3.63, 3.8) is 0 Å². The average Bonchev–Trinajstić information content (AvgIpc) is 2.84. The van der Waals surface area contributed by atoms with Gasteiger partial charge in [0.15, 0.2) is 0 Å². The molecule has 1 saturated heterocycles. The number of hydrogen-bond donors (Lipinski definition) is 2. The summed E-state index contributed by atoms with van der Waals surface area (Å²) in [6.45, 7) is -0.00732. The van der Waals surface area contributed by atoms with Gasteiger partial charge in [0.05, 0.1) is 38.1 Å². The van der Waals surface area contributed by atoms with Crippen molar-refractivity contribution in [1.29, 1.82) is 0 Å². The Labute approximate surface area is 196 Å². The minimum atomic E-state index is -1.03. The van der Waals surface area contributed by atoms with Crippen LogP contribution in [0.25, 0.3) is 0 Å². The van der Waals surface area contributed by atoms with Gasteiger partial charge in [0.2, 0.25) is 12.7 Å². The molecule has 2 heterocycles. The van der Waals surface area contributed by atoms with E-state index in [1.165, 1.54) is 21.9 Å². The van der Waals surface area contributed by atoms with Gasteiger partial charge in [0, 0.05) is 18.5 Å². The Kier molecular flexibility index (Phi) is 7.18. The van der Waals surface area contributed by atoms with Crippen LogP contribution in [0.4, 0.5) is 14.9 Å². The molecule has 2 aromatic carbocycles. The van der Waals surface area contributed by atoms with Crippen molar-refractivity contribution < 1.29 is 38.4 Å². The largest absolute Gasteiger partial charge is 0.497 e. The summed E-state index contributed by atoms with van der Waals surface area (Å²) in [4.78, 5) is 27.6. The fourth-order valence-electron chi connectivity index (χ4n) is 4.15. The standard InChI is InChI=1S/C24H27FN2O7/c1-32-16-4-2-15(3-5-16)12-27-22(30)9-6-17-21(8-7-18(25)23(17)27)33-14-34-24(31)26-11-10-19(28)20(29)13-26/h2-5,7-8,19-20,28-29H,6,9-14H2,1H3. The van der Waals surface area contributed by atoms with Crippen molar-refractivity contribution in [2.75, 3.05) is 31.9 Å². The van der Waals surface area contributed by atoms with E-state index in [2.05, 4.69) is 0 Å². The highest BCUT2D eigenvalue weighted by Gasteiger charge is 2.31. The highest BCUT2D eigenvalue weighted by molar-refractivity contribution is 5.97. The third kappa shape index (κ3) is 5.07. The third-order valence-electron chi connectivity index (χ3n) is 6.05. The zero-order valence-electron chi connectivity index (χ0n) is 18.8. The third-order valence-corrected chi connectivity index (χ3v) is 6.05. The number of methoxy groups -OCH3 is 1. The number of fused-ring (bicyclic) bond motifs is 1. The van der Waals surface area contributed by atoms with Crippen LogP contribution >= 0.6 is 0 Å². The molecule has 0 aromatic heterocycles. The number of β-amino-alcohol motifs (C(OH)–C–C–N with tert-alkyl or cyclic N) is 1. The summed E-state index contributed by atoms with van der Waals surface area (Å²) in [5.41, 5.74) is 1.50. The number of amides is 2. The predicted molar refractivity (Wildman–Crippen MR) is 119 cm³/mol. The van der Waals surface area contributed by atoms with Crippen molar-refractivity contribution in [2.45, 2.75) is 38.0 Å². The molecule has 2 unspecified atom stereocenters. The number of ether oxygens (including phenoxy) is 3. The number of aliphatic hydroxyl groups is 2. The first kappa shape index (κ1) is 23.8. The van der Waals surface area contributed by atoms with Crippen LogP contribution in [-0.2, 0) is 22.5 Å². The van der Waals surface area contributed by atoms with E-state index < -0.39 is 30.9 Å². The first-order chi connectivity index (χ1) is 16.4. The smallest absolute Gasteiger partial charge is 0.412 e. The molecule has 0 spiro atoms. The number of halogens is 1. The van der Waals surface area contributed by atoms with E-state index in [4.69, 9.17) is 14.2 Å². The number of benzene rings is 2. The Morgan fingerprint density at radius 2 is 1.88 bits per heavy atom. The lowest BCUT2D eigenvalue weighted by Crippen LogP contribution is -2.49. The Morgan fingerprint density at radius 3 is 2.59 bits per heavy atom. The van der Waals surface area contributed by atoms with Crippen molar-refractivity contribution >= 4 is 17.7 Å². The van der Waals surface area contributed by atoms with Crippen LogP contribution in [0.3, 0.4) is 0 Å². The summed E-state index contributed by atoms with van der Waals surface area (Å²) < 4.78 is 30.8. The van der Waals surface area contributed by atoms with Gasteiger partial charge in [-0.2, -0.15) is 0 Å². The van der Waals surface area contributed by atoms with Crippen molar-refractivity contribution in [3.05, 3.63) is 53.3 Å². The van der Waals surface area contributed by atoms with Crippen molar-refractivity contribution in [3.8, 4) is 11.5 Å². The number of carbonyl (C=O) groups excluding carboxylic acids is 2. The molecule has 9 nitrogen and oxygen atoms in total. The molecule has 0 aliphatic carbocycles. The van der Waals surface area contributed by atoms with Crippen LogP contribution in [0, 0.1) is 5.82 Å². The van der Waals surface area contributed by atoms with Gasteiger partial charge < -0.3 is 34.2 Å². The zero-order valence-corrected chi connectivity index (χ0v) is 18.8. The second-order valence-corrected chi connectivity index (χ2v) is 8.24. The molecule has 10 heteroatoms. The quantitative estimate of drug-likeness (QED) is 0.618. The molecule has 2 aliphatic heterocycles. The molecular formula is C24H27FN2O7. The normalized spacial score (nSPS) is 20.1. The number of aliphatic hydroxyl groups excluding tert-OH is 2. The average molecular weight is 474 g/mol. The number of carbonyl (C=O) groups is 2. The van der Waals surface area contributed by atoms with Crippen molar-refractivity contribution in [2.24, 2.45) is 0 Å². The number of rotatable bonds is 6. The number of nitrogens with zero attached hydrogens (tertiary/aromatic N) is 2. The molecule has 2 atom stereocenters. The molecule has 4 rings (SSSR count). The van der Waals surface area contributed by atoms with Crippen LogP contribution in [0.2, 0.25) is 0 Å². The highest BCUT2D eigenvalue weighted by atomic mass is 19.1. The van der Waals surface area contributed by atoms with Crippen LogP contribution < -0.4 is 14.4 Å². The van der Waals surface area contributed by atoms with E-state index in [0.717, 1.165) is 5.56 Å². The van der Waals surface area contributed by atoms with Crippen LogP contribution in [-0.4, -0.2) is 66.3 Å². The number of hydrogen-bond acceptors (Lipinski definition) is 7. The number of anilines is 1. The first-order valence-electron chi connectivity index (χ1n) is 11.0. The lowest BCUT2D eigenvalue weighted by Gasteiger charge is -2.32. The fraction of sp³-hybridized carbons (Fsp3) is 0.417. The molecule has 1 fully saturated rings. The summed E-state index contributed by atoms with van der Waals surface area (Å²) in [7, 11) is 1.56. The lowest BCUT2D eigenvalue weighted by molar-refractivity contribution is -0.119. The summed E-state index contributed by atoms with van der Waals surface area (Å²) in [6.07, 6.45) is -1.84. The van der Waals surface area contributed by atoms with Gasteiger partial charge in [-0.3, -0.25) is 4.79 Å². The Hall–Kier alpha value is -3.37. The summed E-state index contributed by atoms with van der Waals surface area (Å²) in [5, 5.41) is 19.3. The van der Waals surface area contributed by atoms with Gasteiger partial charge in [-0.1, -0.05) is 12.1 Å². The maximum atomic E-state index is 14.9. The highest BCUT2D eigenvalue weighted by Crippen LogP contribution is 2.38. The molecule has 0 radical (unpaired) electrons. The summed E-state index contributed by atoms with van der Waals surface area (Å²) in [5.74, 6) is 0.268. The van der Waals surface area contributed by atoms with Crippen molar-refractivity contribution in [1.82, 2.24) is 4.90 Å². The van der Waals surface area contributed by atoms with Gasteiger partial charge >= 0.3 is 6.09 Å². The molecule has 2 aliphatic rings. The van der Waals surface area contributed by atoms with Gasteiger partial charge in [-0.15, -0.1) is 0 Å². The van der Waals surface area contributed by atoms with Gasteiger partial charge in [-0.05, 0) is 42.7 Å². The fourth-order valence-corrected chi connectivity index (χ4v) is 4.15. The topological polar surface area (TPSA) is 109 Å². The molecule has 0 saturated carbocycles. The van der Waals surface area contributed by atoms with E-state index in [0.29, 0.717) is 23.5 Å². The maximum absolute atomic E-state index is 14.9. The number of likely N-dealkylation sites (tertiary alicyclic amines) is 1. The van der Waals surface area contributed by atoms with Gasteiger partial charge in [-0.25, -0.2) is 9.18 Å². The van der Waals surface area contributed by atoms with E-state index in [9.17, 15) is 24.2 Å². The zero-order chi connectivity index (χ0) is 24.2. The Balaban J connectivity index is 1.45. The minimum Gasteiger partial charge on any atom is -0.497 e. The molecule has 2 aromatic rings. The molecule has 182 valence electrons. The maximum Gasteiger partial charge on any atom is 0.412 e. The SMILES string of the molecule is COc1ccc(CN2C(=O)CCc3c(OCOC(=O)N4CCC(O)C(O)C4)ccc(F)c32)cc1. The molecule has 0 bridgehead atoms. The summed E-state index contributed by atoms with van der Waals surface area (Å²) >= 11 is 0. The lowest BCUT2D eigenvalue weighted by atomic mass is 9.98. The second kappa shape index (κ2) is 10.3. The monoisotopic (exact) mass is 474 g/mol. The Morgan fingerprint density at radius 1 is 1.12 bits per heavy atom. The molecule has 2 amide bonds. The Bertz CT molecular complexity index is 1050. The van der Waals surface area contributed by atoms with Gasteiger partial charge in [0.1, 0.15) is 17.3 Å². The van der Waals surface area contributed by atoms with E-state index in [1.807, 2.05) is 12.1 Å². The second-order valence-electron chi connectivity index (χ2n) is 8.24. The van der Waals surface area contributed by atoms with E-state index in [-0.39, 0.29) is 44.1 Å².